The Labute approximate surface area is 191 Å². The second kappa shape index (κ2) is 9.54. The maximum Gasteiger partial charge on any atom is 0.234 e. The first-order valence-electron chi connectivity index (χ1n) is 9.65. The van der Waals surface area contributed by atoms with Crippen molar-refractivity contribution in [3.63, 3.8) is 0 Å². The zero-order chi connectivity index (χ0) is 22.7. The van der Waals surface area contributed by atoms with E-state index in [1.165, 1.54) is 41.3 Å². The molecule has 0 saturated carbocycles. The van der Waals surface area contributed by atoms with Crippen LogP contribution in [-0.2, 0) is 4.79 Å². The molecule has 0 aliphatic carbocycles. The Balaban J connectivity index is 1.39. The maximum atomic E-state index is 13.6. The van der Waals surface area contributed by atoms with Crippen LogP contribution in [0.1, 0.15) is 11.3 Å². The number of nitrogens with one attached hydrogen (secondary N) is 1. The number of carbonyl (C=O) groups is 1. The van der Waals surface area contributed by atoms with Gasteiger partial charge in [-0.05, 0) is 67.9 Å². The molecule has 0 spiro atoms. The molecule has 0 fully saturated rings. The molecule has 0 atom stereocenters. The van der Waals surface area contributed by atoms with Gasteiger partial charge in [-0.2, -0.15) is 0 Å². The normalized spacial score (nSPS) is 10.9. The SMILES string of the molecule is Cc1ccc(NC(=O)CSc2ccc(-c3sc(-c4ccc(F)cc4)nc3C)nn2)cc1F. The highest BCUT2D eigenvalue weighted by Gasteiger charge is 2.14. The van der Waals surface area contributed by atoms with Crippen LogP contribution in [0, 0.1) is 25.5 Å². The zero-order valence-corrected chi connectivity index (χ0v) is 18.9. The molecule has 0 saturated heterocycles. The van der Waals surface area contributed by atoms with Crippen LogP contribution in [0.5, 0.6) is 0 Å². The van der Waals surface area contributed by atoms with Crippen molar-refractivity contribution in [3.05, 3.63) is 77.5 Å². The molecule has 2 aromatic carbocycles. The molecule has 0 aliphatic heterocycles. The van der Waals surface area contributed by atoms with Gasteiger partial charge in [0.05, 0.1) is 16.3 Å². The predicted octanol–water partition coefficient (Wildman–Crippen LogP) is 5.89. The molecule has 0 unspecified atom stereocenters. The highest BCUT2D eigenvalue weighted by Crippen LogP contribution is 2.34. The molecule has 9 heteroatoms. The number of halogens is 2. The number of carbonyl (C=O) groups excluding carboxylic acids is 1. The van der Waals surface area contributed by atoms with E-state index >= 15 is 0 Å². The van der Waals surface area contributed by atoms with Gasteiger partial charge in [0, 0.05) is 11.3 Å². The number of nitrogens with zero attached hydrogens (tertiary/aromatic N) is 3. The van der Waals surface area contributed by atoms with E-state index in [2.05, 4.69) is 20.5 Å². The lowest BCUT2D eigenvalue weighted by atomic mass is 10.2. The fourth-order valence-corrected chi connectivity index (χ4v) is 4.53. The minimum Gasteiger partial charge on any atom is -0.325 e. The minimum atomic E-state index is -0.363. The Morgan fingerprint density at radius 2 is 1.81 bits per heavy atom. The number of amides is 1. The zero-order valence-electron chi connectivity index (χ0n) is 17.2. The number of rotatable bonds is 6. The van der Waals surface area contributed by atoms with Crippen molar-refractivity contribution in [2.24, 2.45) is 0 Å². The molecule has 162 valence electrons. The summed E-state index contributed by atoms with van der Waals surface area (Å²) in [6.07, 6.45) is 0. The predicted molar refractivity (Wildman–Crippen MR) is 124 cm³/mol. The summed E-state index contributed by atoms with van der Waals surface area (Å²) >= 11 is 2.70. The van der Waals surface area contributed by atoms with E-state index < -0.39 is 0 Å². The molecule has 0 aliphatic rings. The third-order valence-electron chi connectivity index (χ3n) is 4.57. The number of hydrogen-bond donors (Lipinski definition) is 1. The van der Waals surface area contributed by atoms with Gasteiger partial charge in [-0.1, -0.05) is 17.8 Å². The average molecular weight is 469 g/mol. The molecular formula is C23H18F2N4OS2. The van der Waals surface area contributed by atoms with Crippen LogP contribution in [0.15, 0.2) is 59.6 Å². The Bertz CT molecular complexity index is 1260. The van der Waals surface area contributed by atoms with E-state index in [9.17, 15) is 13.6 Å². The van der Waals surface area contributed by atoms with E-state index in [0.717, 1.165) is 21.1 Å². The summed E-state index contributed by atoms with van der Waals surface area (Å²) < 4.78 is 26.8. The van der Waals surface area contributed by atoms with Crippen molar-refractivity contribution >= 4 is 34.7 Å². The topological polar surface area (TPSA) is 67.8 Å². The molecule has 0 radical (unpaired) electrons. The lowest BCUT2D eigenvalue weighted by molar-refractivity contribution is -0.113. The fraction of sp³-hybridized carbons (Fsp3) is 0.130. The second-order valence-corrected chi connectivity index (χ2v) is 8.99. The summed E-state index contributed by atoms with van der Waals surface area (Å²) in [6, 6.07) is 14.4. The Morgan fingerprint density at radius 3 is 2.50 bits per heavy atom. The van der Waals surface area contributed by atoms with Gasteiger partial charge in [0.1, 0.15) is 27.4 Å². The van der Waals surface area contributed by atoms with Gasteiger partial charge < -0.3 is 5.32 Å². The van der Waals surface area contributed by atoms with Gasteiger partial charge in [0.2, 0.25) is 5.91 Å². The molecule has 0 bridgehead atoms. The molecule has 4 aromatic rings. The summed E-state index contributed by atoms with van der Waals surface area (Å²) in [5, 5.41) is 12.5. The number of benzene rings is 2. The summed E-state index contributed by atoms with van der Waals surface area (Å²) in [5.41, 5.74) is 3.27. The van der Waals surface area contributed by atoms with Crippen LogP contribution < -0.4 is 5.32 Å². The van der Waals surface area contributed by atoms with Crippen LogP contribution in [0.25, 0.3) is 21.1 Å². The Hall–Kier alpha value is -3.17. The van der Waals surface area contributed by atoms with Gasteiger partial charge in [-0.15, -0.1) is 21.5 Å². The standard InChI is InChI=1S/C23H18F2N4OS2/c1-13-3-8-17(11-18(13)25)27-20(30)12-31-21-10-9-19(28-29-21)22-14(2)26-23(32-22)15-4-6-16(24)7-5-15/h3-11H,12H2,1-2H3,(H,27,30). The van der Waals surface area contributed by atoms with E-state index in [1.807, 2.05) is 13.0 Å². The smallest absolute Gasteiger partial charge is 0.234 e. The number of anilines is 1. The highest BCUT2D eigenvalue weighted by atomic mass is 32.2. The van der Waals surface area contributed by atoms with E-state index in [-0.39, 0.29) is 23.3 Å². The number of thioether (sulfide) groups is 1. The minimum absolute atomic E-state index is 0.123. The van der Waals surface area contributed by atoms with Gasteiger partial charge in [-0.25, -0.2) is 13.8 Å². The second-order valence-electron chi connectivity index (χ2n) is 7.00. The number of aromatic nitrogens is 3. The van der Waals surface area contributed by atoms with Crippen molar-refractivity contribution < 1.29 is 13.6 Å². The molecule has 32 heavy (non-hydrogen) atoms. The average Bonchev–Trinajstić information content (AvgIpc) is 3.17. The molecule has 1 amide bonds. The summed E-state index contributed by atoms with van der Waals surface area (Å²) in [6.45, 7) is 3.55. The number of thiazole rings is 1. The van der Waals surface area contributed by atoms with Gasteiger partial charge in [0.15, 0.2) is 0 Å². The molecule has 1 N–H and O–H groups in total. The first kappa shape index (κ1) is 22.0. The van der Waals surface area contributed by atoms with Crippen LogP contribution in [0.3, 0.4) is 0 Å². The van der Waals surface area contributed by atoms with Gasteiger partial charge >= 0.3 is 0 Å². The third-order valence-corrected chi connectivity index (χ3v) is 6.72. The van der Waals surface area contributed by atoms with Crippen molar-refractivity contribution in [2.45, 2.75) is 18.9 Å². The van der Waals surface area contributed by atoms with Crippen molar-refractivity contribution in [1.29, 1.82) is 0 Å². The van der Waals surface area contributed by atoms with Gasteiger partial charge in [0.25, 0.3) is 0 Å². The number of aryl methyl sites for hydroxylation is 2. The fourth-order valence-electron chi connectivity index (χ4n) is 2.88. The first-order valence-corrected chi connectivity index (χ1v) is 11.5. The highest BCUT2D eigenvalue weighted by molar-refractivity contribution is 7.99. The molecule has 5 nitrogen and oxygen atoms in total. The van der Waals surface area contributed by atoms with Gasteiger partial charge in [-0.3, -0.25) is 4.79 Å². The monoisotopic (exact) mass is 468 g/mol. The van der Waals surface area contributed by atoms with Crippen LogP contribution in [0.4, 0.5) is 14.5 Å². The number of hydrogen-bond acceptors (Lipinski definition) is 6. The quantitative estimate of drug-likeness (QED) is 0.357. The van der Waals surface area contributed by atoms with Crippen molar-refractivity contribution in [1.82, 2.24) is 15.2 Å². The van der Waals surface area contributed by atoms with Crippen LogP contribution in [0.2, 0.25) is 0 Å². The molecule has 4 rings (SSSR count). The molecular weight excluding hydrogens is 450 g/mol. The Morgan fingerprint density at radius 1 is 1.03 bits per heavy atom. The molecule has 2 aromatic heterocycles. The summed E-state index contributed by atoms with van der Waals surface area (Å²) in [7, 11) is 0. The van der Waals surface area contributed by atoms with Crippen LogP contribution >= 0.6 is 23.1 Å². The molecule has 2 heterocycles. The van der Waals surface area contributed by atoms with E-state index in [0.29, 0.717) is 22.0 Å². The summed E-state index contributed by atoms with van der Waals surface area (Å²) in [5.74, 6) is -0.789. The van der Waals surface area contributed by atoms with Crippen molar-refractivity contribution in [3.8, 4) is 21.1 Å². The Kier molecular flexibility index (Phi) is 6.57. The summed E-state index contributed by atoms with van der Waals surface area (Å²) in [4.78, 5) is 17.6. The lowest BCUT2D eigenvalue weighted by Gasteiger charge is -2.06. The van der Waals surface area contributed by atoms with Crippen LogP contribution in [-0.4, -0.2) is 26.8 Å². The van der Waals surface area contributed by atoms with E-state index in [1.54, 1.807) is 37.3 Å². The largest absolute Gasteiger partial charge is 0.325 e. The van der Waals surface area contributed by atoms with Crippen molar-refractivity contribution in [2.75, 3.05) is 11.1 Å². The maximum absolute atomic E-state index is 13.6. The first-order chi connectivity index (χ1) is 15.4. The third kappa shape index (κ3) is 5.17. The lowest BCUT2D eigenvalue weighted by Crippen LogP contribution is -2.14. The van der Waals surface area contributed by atoms with E-state index in [4.69, 9.17) is 0 Å².